The van der Waals surface area contributed by atoms with Gasteiger partial charge in [0.1, 0.15) is 16.6 Å². The fourth-order valence-corrected chi connectivity index (χ4v) is 5.40. The van der Waals surface area contributed by atoms with Crippen molar-refractivity contribution >= 4 is 32.6 Å². The van der Waals surface area contributed by atoms with Crippen LogP contribution in [0.3, 0.4) is 0 Å². The van der Waals surface area contributed by atoms with Crippen molar-refractivity contribution in [2.45, 2.75) is 43.5 Å². The van der Waals surface area contributed by atoms with E-state index in [1.165, 1.54) is 12.1 Å². The summed E-state index contributed by atoms with van der Waals surface area (Å²) in [7, 11) is -4.47. The molecule has 33 heavy (non-hydrogen) atoms. The van der Waals surface area contributed by atoms with Gasteiger partial charge in [-0.3, -0.25) is 15.0 Å². The monoisotopic (exact) mass is 478 g/mol. The zero-order valence-corrected chi connectivity index (χ0v) is 19.2. The molecule has 3 aromatic rings. The van der Waals surface area contributed by atoms with Gasteiger partial charge in [-0.15, -0.1) is 0 Å². The first-order valence-corrected chi connectivity index (χ1v) is 11.5. The van der Waals surface area contributed by atoms with Crippen LogP contribution in [0.2, 0.25) is 0 Å². The number of aromatic nitrogens is 1. The van der Waals surface area contributed by atoms with Gasteiger partial charge >= 0.3 is 0 Å². The van der Waals surface area contributed by atoms with E-state index in [1.54, 1.807) is 33.8 Å². The van der Waals surface area contributed by atoms with Crippen LogP contribution in [-0.2, 0) is 14.6 Å². The number of amides is 2. The van der Waals surface area contributed by atoms with Crippen molar-refractivity contribution in [3.8, 4) is 0 Å². The Labute approximate surface area is 189 Å². The number of halogens is 2. The average Bonchev–Trinajstić information content (AvgIpc) is 3.11. The summed E-state index contributed by atoms with van der Waals surface area (Å²) in [5.41, 5.74) is 10.7. The van der Waals surface area contributed by atoms with Gasteiger partial charge in [-0.25, -0.2) is 22.6 Å². The average molecular weight is 479 g/mol. The van der Waals surface area contributed by atoms with Gasteiger partial charge < -0.3 is 10.7 Å². The van der Waals surface area contributed by atoms with Crippen molar-refractivity contribution < 1.29 is 26.8 Å². The molecule has 0 fully saturated rings. The van der Waals surface area contributed by atoms with Crippen molar-refractivity contribution in [3.05, 3.63) is 58.8 Å². The second kappa shape index (κ2) is 8.91. The van der Waals surface area contributed by atoms with E-state index < -0.39 is 55.3 Å². The number of hydrogen-bond donors (Lipinski definition) is 4. The maximum Gasteiger partial charge on any atom is 0.283 e. The lowest BCUT2D eigenvalue weighted by Crippen LogP contribution is -2.53. The highest BCUT2D eigenvalue weighted by atomic mass is 32.2. The molecule has 1 atom stereocenters. The summed E-state index contributed by atoms with van der Waals surface area (Å²) in [6, 6.07) is 5.51. The maximum atomic E-state index is 14.8. The molecule has 0 saturated carbocycles. The predicted octanol–water partition coefficient (Wildman–Crippen LogP) is 2.64. The number of fused-ring (bicyclic) bond motifs is 1. The molecular weight excluding hydrogens is 454 g/mol. The van der Waals surface area contributed by atoms with Crippen molar-refractivity contribution in [1.82, 2.24) is 15.8 Å². The third-order valence-electron chi connectivity index (χ3n) is 5.12. The Morgan fingerprint density at radius 1 is 1.06 bits per heavy atom. The molecule has 8 nitrogen and oxygen atoms in total. The number of hydrazine groups is 1. The van der Waals surface area contributed by atoms with Crippen LogP contribution in [0.15, 0.2) is 40.1 Å². The lowest BCUT2D eigenvalue weighted by atomic mass is 10.1. The van der Waals surface area contributed by atoms with Crippen molar-refractivity contribution in [3.63, 3.8) is 0 Å². The van der Waals surface area contributed by atoms with Gasteiger partial charge in [0.25, 0.3) is 5.91 Å². The molecule has 0 aliphatic heterocycles. The molecular formula is C22H24F2N4O4S. The van der Waals surface area contributed by atoms with Gasteiger partial charge in [0.15, 0.2) is 11.6 Å². The fraction of sp³-hybridized carbons (Fsp3) is 0.273. The van der Waals surface area contributed by atoms with Crippen molar-refractivity contribution in [2.24, 2.45) is 11.7 Å². The van der Waals surface area contributed by atoms with E-state index in [1.807, 2.05) is 0 Å². The zero-order valence-electron chi connectivity index (χ0n) is 18.4. The molecule has 1 aromatic heterocycles. The largest absolute Gasteiger partial charge is 0.368 e. The zero-order chi connectivity index (χ0) is 24.7. The molecule has 2 aromatic carbocycles. The van der Waals surface area contributed by atoms with E-state index >= 15 is 0 Å². The maximum absolute atomic E-state index is 14.8. The smallest absolute Gasteiger partial charge is 0.283 e. The topological polar surface area (TPSA) is 134 Å². The van der Waals surface area contributed by atoms with E-state index in [0.717, 1.165) is 12.1 Å². The minimum atomic E-state index is -4.47. The van der Waals surface area contributed by atoms with Crippen molar-refractivity contribution in [2.75, 3.05) is 0 Å². The van der Waals surface area contributed by atoms with Crippen LogP contribution in [0.25, 0.3) is 10.9 Å². The highest BCUT2D eigenvalue weighted by Crippen LogP contribution is 2.35. The lowest BCUT2D eigenvalue weighted by Gasteiger charge is -2.19. The number of benzene rings is 2. The number of sulfone groups is 1. The lowest BCUT2D eigenvalue weighted by molar-refractivity contribution is -0.121. The first-order chi connectivity index (χ1) is 15.3. The van der Waals surface area contributed by atoms with Gasteiger partial charge in [-0.2, -0.15) is 0 Å². The van der Waals surface area contributed by atoms with E-state index in [9.17, 15) is 26.8 Å². The molecule has 0 radical (unpaired) electrons. The molecule has 0 saturated heterocycles. The Kier molecular flexibility index (Phi) is 6.57. The van der Waals surface area contributed by atoms with Gasteiger partial charge in [-0.05, 0) is 55.2 Å². The van der Waals surface area contributed by atoms with Crippen LogP contribution in [0.5, 0.6) is 0 Å². The second-order valence-electron chi connectivity index (χ2n) is 8.16. The Hall–Kier alpha value is -3.31. The molecule has 3 rings (SSSR count). The van der Waals surface area contributed by atoms with Crippen LogP contribution in [0.4, 0.5) is 8.78 Å². The number of rotatable bonds is 7. The fourth-order valence-electron chi connectivity index (χ4n) is 3.60. The number of carbonyl (C=O) groups is 2. The predicted molar refractivity (Wildman–Crippen MR) is 118 cm³/mol. The molecule has 0 aliphatic carbocycles. The molecule has 5 N–H and O–H groups in total. The standard InChI is InChI=1S/C22H24F2N4O4S/c1-10(2)18(21(25)29)27-28-22(30)19-20(16-15(26-19)6-5-14(23)17(16)24)33(31,32)13-8-11(3)7-12(4)9-13/h5-10,18,26-27H,1-4H3,(H2,25,29)(H,28,30). The number of nitrogens with two attached hydrogens (primary N) is 1. The molecule has 176 valence electrons. The molecule has 2 amide bonds. The third-order valence-corrected chi connectivity index (χ3v) is 6.93. The Morgan fingerprint density at radius 3 is 2.21 bits per heavy atom. The van der Waals surface area contributed by atoms with E-state index in [-0.39, 0.29) is 16.3 Å². The number of carbonyl (C=O) groups excluding carboxylic acids is 2. The SMILES string of the molecule is Cc1cc(C)cc(S(=O)(=O)c2c(C(=O)NNC(C(N)=O)C(C)C)[nH]c3ccc(F)c(F)c23)c1. The number of primary amides is 1. The summed E-state index contributed by atoms with van der Waals surface area (Å²) >= 11 is 0. The van der Waals surface area contributed by atoms with Gasteiger partial charge in [0, 0.05) is 0 Å². The second-order valence-corrected chi connectivity index (χ2v) is 10.0. The molecule has 1 unspecified atom stereocenters. The van der Waals surface area contributed by atoms with Crippen LogP contribution < -0.4 is 16.6 Å². The summed E-state index contributed by atoms with van der Waals surface area (Å²) in [6.45, 7) is 6.75. The van der Waals surface area contributed by atoms with Crippen LogP contribution in [-0.4, -0.2) is 31.3 Å². The van der Waals surface area contributed by atoms with Crippen LogP contribution in [0, 0.1) is 31.4 Å². The highest BCUT2D eigenvalue weighted by Gasteiger charge is 2.33. The number of nitrogens with one attached hydrogen (secondary N) is 3. The molecule has 1 heterocycles. The number of hydrogen-bond acceptors (Lipinski definition) is 5. The quantitative estimate of drug-likeness (QED) is 0.387. The summed E-state index contributed by atoms with van der Waals surface area (Å²) in [5, 5.41) is -0.574. The summed E-state index contributed by atoms with van der Waals surface area (Å²) in [6.07, 6.45) is 0. The van der Waals surface area contributed by atoms with E-state index in [2.05, 4.69) is 15.8 Å². The first-order valence-electron chi connectivity index (χ1n) is 10.0. The van der Waals surface area contributed by atoms with E-state index in [4.69, 9.17) is 5.73 Å². The molecule has 0 aliphatic rings. The minimum absolute atomic E-state index is 0.0858. The summed E-state index contributed by atoms with van der Waals surface area (Å²) in [5.74, 6) is -4.71. The number of aryl methyl sites for hydroxylation is 2. The van der Waals surface area contributed by atoms with E-state index in [0.29, 0.717) is 11.1 Å². The first kappa shape index (κ1) is 24.3. The van der Waals surface area contributed by atoms with Crippen LogP contribution in [0.1, 0.15) is 35.5 Å². The summed E-state index contributed by atoms with van der Waals surface area (Å²) in [4.78, 5) is 26.2. The minimum Gasteiger partial charge on any atom is -0.368 e. The third kappa shape index (κ3) is 4.60. The summed E-state index contributed by atoms with van der Waals surface area (Å²) < 4.78 is 56.0. The van der Waals surface area contributed by atoms with Gasteiger partial charge in [0.2, 0.25) is 15.7 Å². The Bertz CT molecular complexity index is 1350. The van der Waals surface area contributed by atoms with Crippen LogP contribution >= 0.6 is 0 Å². The molecule has 11 heteroatoms. The Morgan fingerprint density at radius 2 is 1.67 bits per heavy atom. The van der Waals surface area contributed by atoms with Gasteiger partial charge in [0.05, 0.1) is 15.8 Å². The van der Waals surface area contributed by atoms with Crippen molar-refractivity contribution in [1.29, 1.82) is 0 Å². The normalized spacial score (nSPS) is 12.8. The highest BCUT2D eigenvalue weighted by molar-refractivity contribution is 7.91. The number of aromatic amines is 1. The Balaban J connectivity index is 2.21. The van der Waals surface area contributed by atoms with Gasteiger partial charge in [-0.1, -0.05) is 19.9 Å². The molecule has 0 spiro atoms. The number of H-pyrrole nitrogens is 1. The molecule has 0 bridgehead atoms.